The van der Waals surface area contributed by atoms with E-state index in [1.54, 1.807) is 50.6 Å². The second-order valence-corrected chi connectivity index (χ2v) is 8.59. The number of ether oxygens (including phenoxy) is 2. The fourth-order valence-corrected chi connectivity index (χ4v) is 3.85. The highest BCUT2D eigenvalue weighted by Gasteiger charge is 2.26. The second kappa shape index (κ2) is 10.5. The second-order valence-electron chi connectivity index (χ2n) is 7.30. The highest BCUT2D eigenvalue weighted by Crippen LogP contribution is 2.35. The zero-order valence-electron chi connectivity index (χ0n) is 18.1. The monoisotopic (exact) mass is 473 g/mol. The van der Waals surface area contributed by atoms with Crippen LogP contribution in [0.25, 0.3) is 11.3 Å². The van der Waals surface area contributed by atoms with Gasteiger partial charge in [0.15, 0.2) is 5.13 Å². The molecule has 9 heteroatoms. The molecule has 2 N–H and O–H groups in total. The van der Waals surface area contributed by atoms with Crippen LogP contribution >= 0.6 is 22.9 Å². The van der Waals surface area contributed by atoms with Gasteiger partial charge in [0, 0.05) is 21.5 Å². The molecular formula is C23H24ClN3O4S. The number of thiazole rings is 1. The van der Waals surface area contributed by atoms with Gasteiger partial charge in [-0.15, -0.1) is 11.3 Å². The first kappa shape index (κ1) is 23.6. The summed E-state index contributed by atoms with van der Waals surface area (Å²) in [7, 11) is 3.17. The minimum Gasteiger partial charge on any atom is -0.497 e. The Morgan fingerprint density at radius 2 is 1.78 bits per heavy atom. The number of aromatic nitrogens is 1. The molecule has 3 aromatic rings. The number of carbonyl (C=O) groups is 2. The van der Waals surface area contributed by atoms with Gasteiger partial charge < -0.3 is 20.1 Å². The summed E-state index contributed by atoms with van der Waals surface area (Å²) in [5.74, 6) is 0.481. The van der Waals surface area contributed by atoms with Crippen molar-refractivity contribution < 1.29 is 19.1 Å². The Bertz CT molecular complexity index is 1100. The number of benzene rings is 2. The van der Waals surface area contributed by atoms with E-state index >= 15 is 0 Å². The van der Waals surface area contributed by atoms with Crippen LogP contribution in [0.1, 0.15) is 24.2 Å². The van der Waals surface area contributed by atoms with Gasteiger partial charge in [0.25, 0.3) is 5.91 Å². The number of anilines is 1. The summed E-state index contributed by atoms with van der Waals surface area (Å²) in [4.78, 5) is 30.0. The molecule has 2 amide bonds. The zero-order chi connectivity index (χ0) is 23.3. The van der Waals surface area contributed by atoms with Crippen LogP contribution in [0, 0.1) is 5.92 Å². The van der Waals surface area contributed by atoms with Crippen LogP contribution in [-0.2, 0) is 4.79 Å². The van der Waals surface area contributed by atoms with Gasteiger partial charge in [0.1, 0.15) is 17.5 Å². The normalized spacial score (nSPS) is 11.7. The third-order valence-electron chi connectivity index (χ3n) is 4.76. The molecule has 1 aromatic heterocycles. The summed E-state index contributed by atoms with van der Waals surface area (Å²) in [6.07, 6.45) is 0. The summed E-state index contributed by atoms with van der Waals surface area (Å²) < 4.78 is 10.7. The van der Waals surface area contributed by atoms with Crippen molar-refractivity contribution in [3.63, 3.8) is 0 Å². The van der Waals surface area contributed by atoms with Crippen molar-refractivity contribution in [2.45, 2.75) is 19.9 Å². The molecule has 0 bridgehead atoms. The van der Waals surface area contributed by atoms with E-state index in [2.05, 4.69) is 15.6 Å². The summed E-state index contributed by atoms with van der Waals surface area (Å²) >= 11 is 7.16. The average Bonchev–Trinajstić information content (AvgIpc) is 3.25. The first-order valence-corrected chi connectivity index (χ1v) is 11.1. The van der Waals surface area contributed by atoms with E-state index in [0.717, 1.165) is 5.56 Å². The summed E-state index contributed by atoms with van der Waals surface area (Å²) in [5, 5.41) is 8.37. The zero-order valence-corrected chi connectivity index (χ0v) is 19.7. The fraction of sp³-hybridized carbons (Fsp3) is 0.261. The minimum atomic E-state index is -0.739. The first-order chi connectivity index (χ1) is 15.3. The highest BCUT2D eigenvalue weighted by atomic mass is 35.5. The quantitative estimate of drug-likeness (QED) is 0.487. The smallest absolute Gasteiger partial charge is 0.251 e. The highest BCUT2D eigenvalue weighted by molar-refractivity contribution is 7.14. The number of rotatable bonds is 8. The number of hydrogen-bond donors (Lipinski definition) is 2. The Labute approximate surface area is 195 Å². The van der Waals surface area contributed by atoms with Gasteiger partial charge in [-0.05, 0) is 48.4 Å². The Balaban J connectivity index is 1.75. The van der Waals surface area contributed by atoms with Crippen LogP contribution in [0.5, 0.6) is 11.5 Å². The van der Waals surface area contributed by atoms with E-state index in [4.69, 9.17) is 21.1 Å². The largest absolute Gasteiger partial charge is 0.497 e. The molecule has 2 aromatic carbocycles. The Kier molecular flexibility index (Phi) is 7.71. The molecular weight excluding hydrogens is 450 g/mol. The molecule has 1 heterocycles. The summed E-state index contributed by atoms with van der Waals surface area (Å²) in [5.41, 5.74) is 1.82. The van der Waals surface area contributed by atoms with Gasteiger partial charge in [-0.1, -0.05) is 25.4 Å². The van der Waals surface area contributed by atoms with Crippen LogP contribution in [0.2, 0.25) is 5.02 Å². The minimum absolute atomic E-state index is 0.135. The molecule has 0 unspecified atom stereocenters. The molecule has 0 fully saturated rings. The molecule has 1 atom stereocenters. The maximum Gasteiger partial charge on any atom is 0.251 e. The summed E-state index contributed by atoms with van der Waals surface area (Å²) in [6.45, 7) is 3.72. The van der Waals surface area contributed by atoms with Crippen molar-refractivity contribution in [3.8, 4) is 22.8 Å². The van der Waals surface area contributed by atoms with Crippen LogP contribution < -0.4 is 20.1 Å². The van der Waals surface area contributed by atoms with Gasteiger partial charge in [0.2, 0.25) is 5.91 Å². The predicted molar refractivity (Wildman–Crippen MR) is 127 cm³/mol. The molecule has 168 valence electrons. The number of halogens is 1. The lowest BCUT2D eigenvalue weighted by molar-refractivity contribution is -0.118. The maximum atomic E-state index is 12.9. The molecule has 0 aliphatic heterocycles. The third-order valence-corrected chi connectivity index (χ3v) is 5.77. The van der Waals surface area contributed by atoms with Gasteiger partial charge in [0.05, 0.1) is 19.9 Å². The van der Waals surface area contributed by atoms with E-state index < -0.39 is 6.04 Å². The van der Waals surface area contributed by atoms with E-state index in [1.807, 2.05) is 25.3 Å². The van der Waals surface area contributed by atoms with Crippen LogP contribution in [0.3, 0.4) is 0 Å². The average molecular weight is 474 g/mol. The lowest BCUT2D eigenvalue weighted by atomic mass is 10.0. The number of methoxy groups -OCH3 is 2. The number of nitrogens with one attached hydrogen (secondary N) is 2. The molecule has 7 nitrogen and oxygen atoms in total. The summed E-state index contributed by atoms with van der Waals surface area (Å²) in [6, 6.07) is 11.2. The molecule has 32 heavy (non-hydrogen) atoms. The van der Waals surface area contributed by atoms with Gasteiger partial charge >= 0.3 is 0 Å². The van der Waals surface area contributed by atoms with Crippen molar-refractivity contribution in [2.24, 2.45) is 5.92 Å². The first-order valence-electron chi connectivity index (χ1n) is 9.87. The Morgan fingerprint density at radius 3 is 2.41 bits per heavy atom. The SMILES string of the molecule is COc1ccc(OC)c(-c2csc(NC(=O)[C@@H](NC(=O)c3ccc(Cl)cc3)C(C)C)n2)c1. The Hall–Kier alpha value is -3.10. The van der Waals surface area contributed by atoms with E-state index in [9.17, 15) is 9.59 Å². The predicted octanol–water partition coefficient (Wildman–Crippen LogP) is 4.87. The molecule has 0 saturated carbocycles. The lowest BCUT2D eigenvalue weighted by Gasteiger charge is -2.21. The fourth-order valence-electron chi connectivity index (χ4n) is 3.01. The molecule has 0 spiro atoms. The van der Waals surface area contributed by atoms with Crippen LogP contribution in [0.4, 0.5) is 5.13 Å². The molecule has 0 aliphatic carbocycles. The number of hydrogen-bond acceptors (Lipinski definition) is 6. The van der Waals surface area contributed by atoms with Crippen LogP contribution in [-0.4, -0.2) is 37.1 Å². The number of carbonyl (C=O) groups excluding carboxylic acids is 2. The van der Waals surface area contributed by atoms with E-state index in [-0.39, 0.29) is 17.7 Å². The van der Waals surface area contributed by atoms with Gasteiger partial charge in [-0.25, -0.2) is 4.98 Å². The molecule has 0 saturated heterocycles. The molecule has 3 rings (SSSR count). The molecule has 0 aliphatic rings. The number of nitrogens with zero attached hydrogens (tertiary/aromatic N) is 1. The van der Waals surface area contributed by atoms with Gasteiger partial charge in [-0.2, -0.15) is 0 Å². The maximum absolute atomic E-state index is 12.9. The third kappa shape index (κ3) is 5.57. The van der Waals surface area contributed by atoms with Crippen LogP contribution in [0.15, 0.2) is 47.8 Å². The van der Waals surface area contributed by atoms with Crippen molar-refractivity contribution in [1.29, 1.82) is 0 Å². The van der Waals surface area contributed by atoms with Crippen molar-refractivity contribution in [1.82, 2.24) is 10.3 Å². The lowest BCUT2D eigenvalue weighted by Crippen LogP contribution is -2.47. The molecule has 0 radical (unpaired) electrons. The standard InChI is InChI=1S/C23H24ClN3O4S/c1-13(2)20(26-21(28)14-5-7-15(24)8-6-14)22(29)27-23-25-18(12-32-23)17-11-16(30-3)9-10-19(17)31-4/h5-13,20H,1-4H3,(H,26,28)(H,25,27,29)/t20-/m0/s1. The van der Waals surface area contributed by atoms with Crippen molar-refractivity contribution in [3.05, 3.63) is 58.4 Å². The van der Waals surface area contributed by atoms with E-state index in [0.29, 0.717) is 32.9 Å². The van der Waals surface area contributed by atoms with E-state index in [1.165, 1.54) is 11.3 Å². The number of amides is 2. The topological polar surface area (TPSA) is 89.5 Å². The van der Waals surface area contributed by atoms with Crippen molar-refractivity contribution >= 4 is 39.9 Å². The Morgan fingerprint density at radius 1 is 1.06 bits per heavy atom. The van der Waals surface area contributed by atoms with Crippen molar-refractivity contribution in [2.75, 3.05) is 19.5 Å². The van der Waals surface area contributed by atoms with Gasteiger partial charge in [-0.3, -0.25) is 9.59 Å².